The fraction of sp³-hybridized carbons (Fsp3) is 0.333. The Hall–Kier alpha value is -2.04. The van der Waals surface area contributed by atoms with E-state index in [2.05, 4.69) is 20.1 Å². The lowest BCUT2D eigenvalue weighted by Crippen LogP contribution is -1.97. The second-order valence-corrected chi connectivity index (χ2v) is 4.03. The van der Waals surface area contributed by atoms with Gasteiger partial charge in [-0.05, 0) is 19.1 Å². The molecule has 0 N–H and O–H groups in total. The van der Waals surface area contributed by atoms with Crippen molar-refractivity contribution in [3.8, 4) is 0 Å². The Balaban J connectivity index is 1.81. The van der Waals surface area contributed by atoms with Crippen molar-refractivity contribution in [1.82, 2.24) is 14.6 Å². The Kier molecular flexibility index (Phi) is 2.44. The van der Waals surface area contributed by atoms with Gasteiger partial charge in [-0.2, -0.15) is 5.10 Å². The zero-order chi connectivity index (χ0) is 11.7. The fourth-order valence-electron chi connectivity index (χ4n) is 1.89. The van der Waals surface area contributed by atoms with Gasteiger partial charge in [-0.15, -0.1) is 0 Å². The topological polar surface area (TPSA) is 54.9 Å². The van der Waals surface area contributed by atoms with Crippen molar-refractivity contribution in [3.05, 3.63) is 29.7 Å². The highest BCUT2D eigenvalue weighted by Crippen LogP contribution is 2.07. The van der Waals surface area contributed by atoms with E-state index in [1.54, 1.807) is 0 Å². The molecular formula is C12H13N5. The van der Waals surface area contributed by atoms with E-state index in [1.165, 1.54) is 0 Å². The Morgan fingerprint density at radius 2 is 2.24 bits per heavy atom. The minimum atomic E-state index is 0.715. The van der Waals surface area contributed by atoms with Crippen LogP contribution in [0.4, 0.5) is 0 Å². The molecule has 0 bridgehead atoms. The molecule has 1 aliphatic rings. The monoisotopic (exact) mass is 227 g/mol. The number of aryl methyl sites for hydroxylation is 2. The SMILES string of the molecule is Cc1cccc2nc(CCC3=NCC=N3)nn12. The Morgan fingerprint density at radius 1 is 1.29 bits per heavy atom. The second kappa shape index (κ2) is 4.08. The molecule has 0 saturated heterocycles. The third-order valence-electron chi connectivity index (χ3n) is 2.76. The van der Waals surface area contributed by atoms with E-state index >= 15 is 0 Å². The quantitative estimate of drug-likeness (QED) is 0.797. The third kappa shape index (κ3) is 1.95. The highest BCUT2D eigenvalue weighted by Gasteiger charge is 2.07. The summed E-state index contributed by atoms with van der Waals surface area (Å²) >= 11 is 0. The lowest BCUT2D eigenvalue weighted by Gasteiger charge is -1.94. The van der Waals surface area contributed by atoms with E-state index in [-0.39, 0.29) is 0 Å². The maximum absolute atomic E-state index is 4.48. The van der Waals surface area contributed by atoms with Gasteiger partial charge in [-0.3, -0.25) is 4.99 Å². The number of hydrogen-bond acceptors (Lipinski definition) is 4. The number of aliphatic imine (C=N–C) groups is 2. The van der Waals surface area contributed by atoms with E-state index in [0.717, 1.165) is 35.8 Å². The van der Waals surface area contributed by atoms with Gasteiger partial charge in [0, 0.05) is 24.8 Å². The molecule has 0 spiro atoms. The van der Waals surface area contributed by atoms with Crippen molar-refractivity contribution >= 4 is 17.7 Å². The Labute approximate surface area is 98.9 Å². The zero-order valence-corrected chi connectivity index (χ0v) is 9.67. The van der Waals surface area contributed by atoms with Gasteiger partial charge in [0.2, 0.25) is 0 Å². The van der Waals surface area contributed by atoms with Gasteiger partial charge in [-0.25, -0.2) is 14.5 Å². The minimum Gasteiger partial charge on any atom is -0.265 e. The molecule has 5 heteroatoms. The normalized spacial score (nSPS) is 14.5. The molecule has 0 aromatic carbocycles. The van der Waals surface area contributed by atoms with Crippen molar-refractivity contribution < 1.29 is 0 Å². The highest BCUT2D eigenvalue weighted by atomic mass is 15.3. The predicted molar refractivity (Wildman–Crippen MR) is 66.8 cm³/mol. The molecule has 17 heavy (non-hydrogen) atoms. The van der Waals surface area contributed by atoms with Crippen molar-refractivity contribution in [2.24, 2.45) is 9.98 Å². The molecule has 0 aliphatic carbocycles. The average molecular weight is 227 g/mol. The minimum absolute atomic E-state index is 0.715. The van der Waals surface area contributed by atoms with Gasteiger partial charge in [0.25, 0.3) is 0 Å². The summed E-state index contributed by atoms with van der Waals surface area (Å²) in [7, 11) is 0. The van der Waals surface area contributed by atoms with Crippen LogP contribution in [-0.4, -0.2) is 33.2 Å². The van der Waals surface area contributed by atoms with Crippen LogP contribution in [0.15, 0.2) is 28.2 Å². The lowest BCUT2D eigenvalue weighted by molar-refractivity contribution is 0.841. The summed E-state index contributed by atoms with van der Waals surface area (Å²) in [5.41, 5.74) is 1.99. The van der Waals surface area contributed by atoms with Crippen LogP contribution in [0.25, 0.3) is 5.65 Å². The van der Waals surface area contributed by atoms with Gasteiger partial charge in [-0.1, -0.05) is 6.07 Å². The molecule has 3 heterocycles. The number of hydrogen-bond donors (Lipinski definition) is 0. The molecule has 0 radical (unpaired) electrons. The number of amidine groups is 1. The van der Waals surface area contributed by atoms with Gasteiger partial charge < -0.3 is 0 Å². The fourth-order valence-corrected chi connectivity index (χ4v) is 1.89. The third-order valence-corrected chi connectivity index (χ3v) is 2.76. The van der Waals surface area contributed by atoms with E-state index in [4.69, 9.17) is 0 Å². The van der Waals surface area contributed by atoms with E-state index in [1.807, 2.05) is 35.9 Å². The molecule has 2 aromatic rings. The smallest absolute Gasteiger partial charge is 0.155 e. The molecule has 1 aliphatic heterocycles. The number of rotatable bonds is 3. The summed E-state index contributed by atoms with van der Waals surface area (Å²) in [5.74, 6) is 1.75. The average Bonchev–Trinajstić information content (AvgIpc) is 2.95. The first-order valence-electron chi connectivity index (χ1n) is 5.70. The van der Waals surface area contributed by atoms with E-state index < -0.39 is 0 Å². The number of aromatic nitrogens is 3. The summed E-state index contributed by atoms with van der Waals surface area (Å²) in [6.45, 7) is 2.74. The predicted octanol–water partition coefficient (Wildman–Crippen LogP) is 1.45. The highest BCUT2D eigenvalue weighted by molar-refractivity contribution is 5.94. The van der Waals surface area contributed by atoms with Gasteiger partial charge >= 0.3 is 0 Å². The van der Waals surface area contributed by atoms with Crippen LogP contribution in [-0.2, 0) is 6.42 Å². The first-order chi connectivity index (χ1) is 8.33. The summed E-state index contributed by atoms with van der Waals surface area (Å²) in [4.78, 5) is 12.9. The summed E-state index contributed by atoms with van der Waals surface area (Å²) in [6, 6.07) is 5.99. The van der Waals surface area contributed by atoms with Crippen molar-refractivity contribution in [1.29, 1.82) is 0 Å². The van der Waals surface area contributed by atoms with Gasteiger partial charge in [0.05, 0.1) is 6.54 Å². The molecule has 86 valence electrons. The molecule has 0 fully saturated rings. The number of pyridine rings is 1. The van der Waals surface area contributed by atoms with Gasteiger partial charge in [0.15, 0.2) is 11.5 Å². The largest absolute Gasteiger partial charge is 0.265 e. The first kappa shape index (κ1) is 10.1. The molecule has 0 amide bonds. The second-order valence-electron chi connectivity index (χ2n) is 4.03. The molecule has 5 nitrogen and oxygen atoms in total. The van der Waals surface area contributed by atoms with Crippen LogP contribution in [0, 0.1) is 6.92 Å². The summed E-state index contributed by atoms with van der Waals surface area (Å²) in [5, 5.41) is 4.47. The van der Waals surface area contributed by atoms with Crippen molar-refractivity contribution in [2.75, 3.05) is 6.54 Å². The van der Waals surface area contributed by atoms with Crippen LogP contribution >= 0.6 is 0 Å². The number of nitrogens with zero attached hydrogens (tertiary/aromatic N) is 5. The zero-order valence-electron chi connectivity index (χ0n) is 9.67. The maximum Gasteiger partial charge on any atom is 0.155 e. The standard InChI is InChI=1S/C12H13N5/c1-9-3-2-4-12-15-11(16-17(9)12)6-5-10-13-7-8-14-10/h2-4,7H,5-6,8H2,1H3. The van der Waals surface area contributed by atoms with Crippen LogP contribution in [0.3, 0.4) is 0 Å². The molecule has 3 rings (SSSR count). The lowest BCUT2D eigenvalue weighted by atomic mass is 10.3. The molecule has 0 unspecified atom stereocenters. The molecule has 2 aromatic heterocycles. The first-order valence-corrected chi connectivity index (χ1v) is 5.70. The summed E-state index contributed by atoms with van der Waals surface area (Å²) < 4.78 is 1.87. The van der Waals surface area contributed by atoms with Crippen LogP contribution in [0.5, 0.6) is 0 Å². The Morgan fingerprint density at radius 3 is 3.00 bits per heavy atom. The van der Waals surface area contributed by atoms with Gasteiger partial charge in [0.1, 0.15) is 5.84 Å². The maximum atomic E-state index is 4.48. The Bertz CT molecular complexity index is 608. The van der Waals surface area contributed by atoms with Crippen LogP contribution < -0.4 is 0 Å². The van der Waals surface area contributed by atoms with Crippen molar-refractivity contribution in [3.63, 3.8) is 0 Å². The molecule has 0 saturated carbocycles. The number of fused-ring (bicyclic) bond motifs is 1. The summed E-state index contributed by atoms with van der Waals surface area (Å²) in [6.07, 6.45) is 3.43. The van der Waals surface area contributed by atoms with Crippen molar-refractivity contribution in [2.45, 2.75) is 19.8 Å². The van der Waals surface area contributed by atoms with Crippen LogP contribution in [0.2, 0.25) is 0 Å². The molecular weight excluding hydrogens is 214 g/mol. The van der Waals surface area contributed by atoms with Crippen LogP contribution in [0.1, 0.15) is 17.9 Å². The van der Waals surface area contributed by atoms with E-state index in [0.29, 0.717) is 6.54 Å². The molecule has 0 atom stereocenters. The van der Waals surface area contributed by atoms with E-state index in [9.17, 15) is 0 Å².